The van der Waals surface area contributed by atoms with Crippen LogP contribution in [-0.4, -0.2) is 4.37 Å². The van der Waals surface area contributed by atoms with Gasteiger partial charge in [0.25, 0.3) is 0 Å². The highest BCUT2D eigenvalue weighted by molar-refractivity contribution is 7.13. The van der Waals surface area contributed by atoms with Crippen LogP contribution in [0.4, 0.5) is 0 Å². The molecule has 0 atom stereocenters. The van der Waals surface area contributed by atoms with Gasteiger partial charge in [0.2, 0.25) is 0 Å². The van der Waals surface area contributed by atoms with E-state index in [0.29, 0.717) is 0 Å². The van der Waals surface area contributed by atoms with Crippen molar-refractivity contribution in [3.63, 3.8) is 0 Å². The standard InChI is InChI=1S/C7H5NS/c1-2-4-7-6(3-1)5-8-9-7/h1-5H. The van der Waals surface area contributed by atoms with E-state index in [1.165, 1.54) is 21.6 Å². The van der Waals surface area contributed by atoms with Crippen LogP contribution in [0, 0.1) is 0 Å². The van der Waals surface area contributed by atoms with Gasteiger partial charge in [0.15, 0.2) is 0 Å². The van der Waals surface area contributed by atoms with Crippen molar-refractivity contribution in [2.75, 3.05) is 0 Å². The molecule has 1 aromatic carbocycles. The fourth-order valence-corrected chi connectivity index (χ4v) is 1.46. The van der Waals surface area contributed by atoms with Gasteiger partial charge in [-0.1, -0.05) is 18.2 Å². The lowest BCUT2D eigenvalue weighted by molar-refractivity contribution is 1.61. The van der Waals surface area contributed by atoms with Crippen molar-refractivity contribution in [2.45, 2.75) is 0 Å². The molecule has 1 heterocycles. The molecule has 0 aliphatic carbocycles. The van der Waals surface area contributed by atoms with Crippen LogP contribution >= 0.6 is 11.5 Å². The normalized spacial score (nSPS) is 10.2. The summed E-state index contributed by atoms with van der Waals surface area (Å²) in [7, 11) is 0. The first kappa shape index (κ1) is 4.94. The monoisotopic (exact) mass is 135 g/mol. The summed E-state index contributed by atoms with van der Waals surface area (Å²) in [6, 6.07) is 8.20. The van der Waals surface area contributed by atoms with Gasteiger partial charge in [-0.25, -0.2) is 0 Å². The lowest BCUT2D eigenvalue weighted by Gasteiger charge is -1.80. The Hall–Kier alpha value is -0.890. The lowest BCUT2D eigenvalue weighted by atomic mass is 10.3. The number of rotatable bonds is 0. The van der Waals surface area contributed by atoms with Crippen molar-refractivity contribution in [1.82, 2.24) is 4.37 Å². The Morgan fingerprint density at radius 2 is 2.11 bits per heavy atom. The first-order valence-corrected chi connectivity index (χ1v) is 3.53. The van der Waals surface area contributed by atoms with Gasteiger partial charge in [0.05, 0.1) is 4.70 Å². The summed E-state index contributed by atoms with van der Waals surface area (Å²) in [5.74, 6) is 0. The van der Waals surface area contributed by atoms with E-state index in [2.05, 4.69) is 16.5 Å². The molecule has 0 aliphatic heterocycles. The number of nitrogens with zero attached hydrogens (tertiary/aromatic N) is 1. The summed E-state index contributed by atoms with van der Waals surface area (Å²) in [5.41, 5.74) is 0. The third kappa shape index (κ3) is 0.715. The second-order valence-corrected chi connectivity index (χ2v) is 2.70. The maximum absolute atomic E-state index is 4.04. The van der Waals surface area contributed by atoms with Crippen molar-refractivity contribution in [3.05, 3.63) is 30.5 Å². The Bertz CT molecular complexity index is 283. The molecule has 9 heavy (non-hydrogen) atoms. The zero-order valence-electron chi connectivity index (χ0n) is 4.74. The van der Waals surface area contributed by atoms with Gasteiger partial charge in [0.1, 0.15) is 0 Å². The lowest BCUT2D eigenvalue weighted by Crippen LogP contribution is -1.56. The molecule has 0 N–H and O–H groups in total. The Labute approximate surface area is 57.1 Å². The van der Waals surface area contributed by atoms with E-state index >= 15 is 0 Å². The predicted octanol–water partition coefficient (Wildman–Crippen LogP) is 2.30. The van der Waals surface area contributed by atoms with Crippen LogP contribution in [0.3, 0.4) is 0 Å². The molecule has 0 saturated carbocycles. The molecule has 0 bridgehead atoms. The SMILES string of the molecule is c1ccc2sncc2c1. The first-order chi connectivity index (χ1) is 4.47. The van der Waals surface area contributed by atoms with Crippen molar-refractivity contribution < 1.29 is 0 Å². The van der Waals surface area contributed by atoms with E-state index < -0.39 is 0 Å². The average molecular weight is 135 g/mol. The molecule has 0 unspecified atom stereocenters. The fourth-order valence-electron chi connectivity index (χ4n) is 0.810. The summed E-state index contributed by atoms with van der Waals surface area (Å²) in [6.45, 7) is 0. The molecule has 2 heteroatoms. The quantitative estimate of drug-likeness (QED) is 0.540. The van der Waals surface area contributed by atoms with Gasteiger partial charge in [-0.15, -0.1) is 0 Å². The van der Waals surface area contributed by atoms with Gasteiger partial charge in [-0.3, -0.25) is 0 Å². The summed E-state index contributed by atoms with van der Waals surface area (Å²) in [6.07, 6.45) is 1.89. The minimum Gasteiger partial charge on any atom is -0.200 e. The summed E-state index contributed by atoms with van der Waals surface area (Å²) < 4.78 is 5.30. The maximum Gasteiger partial charge on any atom is 0.0549 e. The molecular weight excluding hydrogens is 130 g/mol. The molecule has 0 amide bonds. The minimum atomic E-state index is 1.24. The highest BCUT2D eigenvalue weighted by Crippen LogP contribution is 2.15. The van der Waals surface area contributed by atoms with Gasteiger partial charge < -0.3 is 0 Å². The third-order valence-corrected chi connectivity index (χ3v) is 2.04. The van der Waals surface area contributed by atoms with Gasteiger partial charge in [-0.2, -0.15) is 4.37 Å². The van der Waals surface area contributed by atoms with Crippen molar-refractivity contribution in [2.24, 2.45) is 0 Å². The van der Waals surface area contributed by atoms with Crippen molar-refractivity contribution >= 4 is 21.6 Å². The molecule has 0 fully saturated rings. The Balaban J connectivity index is 2.95. The maximum atomic E-state index is 4.04. The van der Waals surface area contributed by atoms with Crippen LogP contribution < -0.4 is 0 Å². The number of benzene rings is 1. The van der Waals surface area contributed by atoms with Gasteiger partial charge >= 0.3 is 0 Å². The van der Waals surface area contributed by atoms with E-state index in [9.17, 15) is 0 Å². The van der Waals surface area contributed by atoms with Crippen molar-refractivity contribution in [1.29, 1.82) is 0 Å². The second kappa shape index (κ2) is 1.81. The summed E-state index contributed by atoms with van der Waals surface area (Å²) in [4.78, 5) is 0. The van der Waals surface area contributed by atoms with Crippen LogP contribution in [0.25, 0.3) is 10.1 Å². The van der Waals surface area contributed by atoms with E-state index in [0.717, 1.165) is 0 Å². The molecule has 0 spiro atoms. The zero-order chi connectivity index (χ0) is 6.10. The average Bonchev–Trinajstić information content (AvgIpc) is 2.33. The topological polar surface area (TPSA) is 12.9 Å². The molecule has 44 valence electrons. The highest BCUT2D eigenvalue weighted by Gasteiger charge is 1.89. The first-order valence-electron chi connectivity index (χ1n) is 2.76. The third-order valence-electron chi connectivity index (χ3n) is 1.26. The number of aromatic nitrogens is 1. The number of fused-ring (bicyclic) bond motifs is 1. The molecule has 0 saturated heterocycles. The van der Waals surface area contributed by atoms with E-state index in [1.54, 1.807) is 0 Å². The minimum absolute atomic E-state index is 1.24. The fraction of sp³-hybridized carbons (Fsp3) is 0. The molecule has 0 aliphatic rings. The highest BCUT2D eigenvalue weighted by atomic mass is 32.1. The van der Waals surface area contributed by atoms with Gasteiger partial charge in [-0.05, 0) is 17.6 Å². The van der Waals surface area contributed by atoms with E-state index in [4.69, 9.17) is 0 Å². The Morgan fingerprint density at radius 1 is 1.22 bits per heavy atom. The molecule has 2 aromatic rings. The smallest absolute Gasteiger partial charge is 0.0549 e. The van der Waals surface area contributed by atoms with Crippen LogP contribution in [-0.2, 0) is 0 Å². The van der Waals surface area contributed by atoms with Crippen molar-refractivity contribution in [3.8, 4) is 0 Å². The van der Waals surface area contributed by atoms with Crippen LogP contribution in [0.1, 0.15) is 0 Å². The second-order valence-electron chi connectivity index (χ2n) is 1.86. The molecule has 1 nitrogen and oxygen atoms in total. The number of hydrogen-bond donors (Lipinski definition) is 0. The zero-order valence-corrected chi connectivity index (χ0v) is 5.56. The van der Waals surface area contributed by atoms with Crippen LogP contribution in [0.5, 0.6) is 0 Å². The number of hydrogen-bond acceptors (Lipinski definition) is 2. The van der Waals surface area contributed by atoms with E-state index in [1.807, 2.05) is 18.3 Å². The molecule has 2 rings (SSSR count). The largest absolute Gasteiger partial charge is 0.200 e. The Kier molecular flexibility index (Phi) is 0.993. The summed E-state index contributed by atoms with van der Waals surface area (Å²) in [5, 5.41) is 1.24. The molecule has 1 aromatic heterocycles. The predicted molar refractivity (Wildman–Crippen MR) is 39.6 cm³/mol. The molecular formula is C7H5NS. The van der Waals surface area contributed by atoms with Gasteiger partial charge in [0, 0.05) is 11.6 Å². The Morgan fingerprint density at radius 3 is 3.00 bits per heavy atom. The van der Waals surface area contributed by atoms with E-state index in [-0.39, 0.29) is 0 Å². The summed E-state index contributed by atoms with van der Waals surface area (Å²) >= 11 is 1.54. The molecule has 0 radical (unpaired) electrons. The van der Waals surface area contributed by atoms with Crippen LogP contribution in [0.2, 0.25) is 0 Å². The van der Waals surface area contributed by atoms with Crippen LogP contribution in [0.15, 0.2) is 30.5 Å².